The van der Waals surface area contributed by atoms with Crippen molar-refractivity contribution in [3.63, 3.8) is 0 Å². The molecule has 164 valence electrons. The van der Waals surface area contributed by atoms with Crippen LogP contribution in [0.4, 0.5) is 4.79 Å². The molecule has 0 aliphatic carbocycles. The highest BCUT2D eigenvalue weighted by Gasteiger charge is 2.61. The fraction of sp³-hybridized carbons (Fsp3) is 0.360. The van der Waals surface area contributed by atoms with E-state index in [2.05, 4.69) is 63.3 Å². The van der Waals surface area contributed by atoms with Crippen LogP contribution in [0.15, 0.2) is 73.3 Å². The van der Waals surface area contributed by atoms with Gasteiger partial charge >= 0.3 is 6.09 Å². The highest BCUT2D eigenvalue weighted by molar-refractivity contribution is 5.72. The van der Waals surface area contributed by atoms with Gasteiger partial charge in [0.05, 0.1) is 12.4 Å². The minimum Gasteiger partial charge on any atom is -0.438 e. The summed E-state index contributed by atoms with van der Waals surface area (Å²) in [5, 5.41) is 0. The van der Waals surface area contributed by atoms with Crippen molar-refractivity contribution in [3.05, 3.63) is 84.4 Å². The van der Waals surface area contributed by atoms with Crippen LogP contribution in [0, 0.1) is 0 Å². The van der Waals surface area contributed by atoms with Crippen LogP contribution in [-0.4, -0.2) is 74.7 Å². The van der Waals surface area contributed by atoms with Crippen LogP contribution >= 0.6 is 0 Å². The van der Waals surface area contributed by atoms with Gasteiger partial charge in [-0.2, -0.15) is 0 Å². The molecular weight excluding hydrogens is 402 g/mol. The number of aromatic nitrogens is 2. The SMILES string of the molecule is O=C1OC2(CN(Cc3ccc(-n4ccnc4)cc3)C2)C2CN(Cc3ccccc3)CCN12. The fourth-order valence-corrected chi connectivity index (χ4v) is 5.34. The van der Waals surface area contributed by atoms with Crippen LogP contribution in [-0.2, 0) is 17.8 Å². The van der Waals surface area contributed by atoms with E-state index in [1.54, 1.807) is 12.5 Å². The number of imidazole rings is 1. The van der Waals surface area contributed by atoms with Crippen molar-refractivity contribution >= 4 is 6.09 Å². The lowest BCUT2D eigenvalue weighted by Gasteiger charge is -2.51. The average Bonchev–Trinajstić information content (AvgIpc) is 3.42. The zero-order valence-electron chi connectivity index (χ0n) is 18.0. The summed E-state index contributed by atoms with van der Waals surface area (Å²) in [6, 6.07) is 19.2. The van der Waals surface area contributed by atoms with E-state index in [9.17, 15) is 4.79 Å². The summed E-state index contributed by atoms with van der Waals surface area (Å²) in [7, 11) is 0. The molecule has 1 amide bonds. The second kappa shape index (κ2) is 7.76. The largest absolute Gasteiger partial charge is 0.438 e. The van der Waals surface area contributed by atoms with Gasteiger partial charge in [0.1, 0.15) is 0 Å². The summed E-state index contributed by atoms with van der Waals surface area (Å²) in [5.74, 6) is 0. The number of amides is 1. The lowest BCUT2D eigenvalue weighted by molar-refractivity contribution is -0.107. The van der Waals surface area contributed by atoms with E-state index in [0.29, 0.717) is 0 Å². The highest BCUT2D eigenvalue weighted by atomic mass is 16.6. The van der Waals surface area contributed by atoms with Crippen molar-refractivity contribution < 1.29 is 9.53 Å². The minimum atomic E-state index is -0.372. The number of rotatable bonds is 5. The van der Waals surface area contributed by atoms with Crippen molar-refractivity contribution in [2.45, 2.75) is 24.7 Å². The van der Waals surface area contributed by atoms with E-state index in [1.165, 1.54) is 11.1 Å². The number of carbonyl (C=O) groups excluding carboxylic acids is 1. The first-order valence-corrected chi connectivity index (χ1v) is 11.2. The Labute approximate surface area is 187 Å². The molecule has 1 aromatic heterocycles. The number of fused-ring (bicyclic) bond motifs is 2. The molecule has 6 rings (SSSR count). The lowest BCUT2D eigenvalue weighted by atomic mass is 9.84. The van der Waals surface area contributed by atoms with Crippen molar-refractivity contribution in [2.75, 3.05) is 32.7 Å². The maximum absolute atomic E-state index is 12.6. The molecule has 4 heterocycles. The van der Waals surface area contributed by atoms with Crippen LogP contribution in [0.2, 0.25) is 0 Å². The number of likely N-dealkylation sites (tertiary alicyclic amines) is 1. The number of benzene rings is 2. The Morgan fingerprint density at radius 1 is 0.938 bits per heavy atom. The average molecular weight is 430 g/mol. The normalized spacial score (nSPS) is 22.6. The third-order valence-corrected chi connectivity index (χ3v) is 6.97. The first kappa shape index (κ1) is 19.5. The summed E-state index contributed by atoms with van der Waals surface area (Å²) < 4.78 is 7.97. The molecule has 3 aliphatic rings. The molecule has 32 heavy (non-hydrogen) atoms. The second-order valence-electron chi connectivity index (χ2n) is 9.14. The van der Waals surface area contributed by atoms with E-state index in [4.69, 9.17) is 4.74 Å². The Bertz CT molecular complexity index is 1080. The zero-order chi connectivity index (χ0) is 21.5. The number of hydrogen-bond acceptors (Lipinski definition) is 5. The fourth-order valence-electron chi connectivity index (χ4n) is 5.34. The number of carbonyl (C=O) groups is 1. The molecule has 3 saturated heterocycles. The van der Waals surface area contributed by atoms with Crippen LogP contribution in [0.3, 0.4) is 0 Å². The monoisotopic (exact) mass is 429 g/mol. The molecule has 0 radical (unpaired) electrons. The molecule has 1 unspecified atom stereocenters. The Kier molecular flexibility index (Phi) is 4.73. The van der Waals surface area contributed by atoms with Crippen molar-refractivity contribution in [1.29, 1.82) is 0 Å². The topological polar surface area (TPSA) is 53.8 Å². The summed E-state index contributed by atoms with van der Waals surface area (Å²) in [6.07, 6.45) is 5.39. The van der Waals surface area contributed by atoms with Gasteiger partial charge in [-0.05, 0) is 23.3 Å². The van der Waals surface area contributed by atoms with Gasteiger partial charge in [0.25, 0.3) is 0 Å². The Morgan fingerprint density at radius 3 is 2.44 bits per heavy atom. The van der Waals surface area contributed by atoms with Crippen molar-refractivity contribution in [3.8, 4) is 5.69 Å². The molecule has 1 spiro atoms. The summed E-state index contributed by atoms with van der Waals surface area (Å²) in [6.45, 7) is 5.88. The highest BCUT2D eigenvalue weighted by Crippen LogP contribution is 2.40. The summed E-state index contributed by atoms with van der Waals surface area (Å²) >= 11 is 0. The van der Waals surface area contributed by atoms with Crippen LogP contribution in [0.25, 0.3) is 5.69 Å². The van der Waals surface area contributed by atoms with Gasteiger partial charge in [0.15, 0.2) is 5.60 Å². The lowest BCUT2D eigenvalue weighted by Crippen LogP contribution is -2.70. The van der Waals surface area contributed by atoms with Gasteiger partial charge in [0.2, 0.25) is 0 Å². The Morgan fingerprint density at radius 2 is 1.69 bits per heavy atom. The molecule has 0 saturated carbocycles. The Balaban J connectivity index is 1.10. The summed E-state index contributed by atoms with van der Waals surface area (Å²) in [4.78, 5) is 23.4. The molecule has 1 atom stereocenters. The third-order valence-electron chi connectivity index (χ3n) is 6.97. The summed E-state index contributed by atoms with van der Waals surface area (Å²) in [5.41, 5.74) is 3.31. The second-order valence-corrected chi connectivity index (χ2v) is 9.14. The first-order chi connectivity index (χ1) is 15.7. The van der Waals surface area contributed by atoms with E-state index in [0.717, 1.165) is 51.5 Å². The van der Waals surface area contributed by atoms with E-state index < -0.39 is 0 Å². The number of nitrogens with zero attached hydrogens (tertiary/aromatic N) is 5. The molecule has 2 aromatic carbocycles. The number of hydrogen-bond donors (Lipinski definition) is 0. The van der Waals surface area contributed by atoms with Crippen LogP contribution in [0.1, 0.15) is 11.1 Å². The first-order valence-electron chi connectivity index (χ1n) is 11.2. The van der Waals surface area contributed by atoms with Gasteiger partial charge in [-0.3, -0.25) is 14.7 Å². The van der Waals surface area contributed by atoms with Crippen LogP contribution in [0.5, 0.6) is 0 Å². The van der Waals surface area contributed by atoms with Gasteiger partial charge in [-0.15, -0.1) is 0 Å². The number of ether oxygens (including phenoxy) is 1. The quantitative estimate of drug-likeness (QED) is 0.624. The molecule has 3 fully saturated rings. The molecule has 7 nitrogen and oxygen atoms in total. The molecule has 0 N–H and O–H groups in total. The van der Waals surface area contributed by atoms with Gasteiger partial charge in [0, 0.05) is 63.9 Å². The van der Waals surface area contributed by atoms with E-state index in [-0.39, 0.29) is 17.7 Å². The van der Waals surface area contributed by atoms with Crippen molar-refractivity contribution in [2.24, 2.45) is 0 Å². The predicted octanol–water partition coefficient (Wildman–Crippen LogP) is 2.76. The maximum atomic E-state index is 12.6. The third kappa shape index (κ3) is 3.47. The molecule has 0 bridgehead atoms. The van der Waals surface area contributed by atoms with Gasteiger partial charge < -0.3 is 9.30 Å². The van der Waals surface area contributed by atoms with Gasteiger partial charge in [-0.1, -0.05) is 42.5 Å². The van der Waals surface area contributed by atoms with Crippen molar-refractivity contribution in [1.82, 2.24) is 24.3 Å². The van der Waals surface area contributed by atoms with Crippen LogP contribution < -0.4 is 0 Å². The standard InChI is InChI=1S/C25H27N5O2/c31-24-30-13-12-27(14-20-4-2-1-3-5-20)16-23(30)25(32-24)17-28(18-25)15-21-6-8-22(9-7-21)29-11-10-26-19-29/h1-11,19,23H,12-18H2. The smallest absolute Gasteiger partial charge is 0.410 e. The molecule has 3 aliphatic heterocycles. The molecular formula is C25H27N5O2. The maximum Gasteiger partial charge on any atom is 0.410 e. The Hall–Kier alpha value is -3.16. The van der Waals surface area contributed by atoms with Gasteiger partial charge in [-0.25, -0.2) is 9.78 Å². The molecule has 7 heteroatoms. The molecule has 3 aromatic rings. The van der Waals surface area contributed by atoms with E-state index in [1.807, 2.05) is 21.7 Å². The predicted molar refractivity (Wildman–Crippen MR) is 120 cm³/mol. The van der Waals surface area contributed by atoms with E-state index >= 15 is 0 Å². The number of piperazine rings is 1. The zero-order valence-corrected chi connectivity index (χ0v) is 18.0. The minimum absolute atomic E-state index is 0.132.